The Balaban J connectivity index is 1.48. The minimum absolute atomic E-state index is 0.203. The first-order valence-electron chi connectivity index (χ1n) is 8.69. The van der Waals surface area contributed by atoms with E-state index in [2.05, 4.69) is 15.2 Å². The van der Waals surface area contributed by atoms with Gasteiger partial charge in [-0.3, -0.25) is 9.69 Å². The summed E-state index contributed by atoms with van der Waals surface area (Å²) in [5, 5.41) is 12.2. The van der Waals surface area contributed by atoms with E-state index < -0.39 is 6.04 Å². The number of hydrogen-bond acceptors (Lipinski definition) is 7. The monoisotopic (exact) mass is 360 g/mol. The van der Waals surface area contributed by atoms with Crippen molar-refractivity contribution in [2.24, 2.45) is 5.73 Å². The standard InChI is InChI=1S/C18H24N4O4/c19-15(11-13-1-3-14(23)4-2-13)18-21-16(12-26-18)17(24)20-5-6-22-7-9-25-10-8-22/h1-4,12,15,23H,5-11,19H2,(H,20,24). The lowest BCUT2D eigenvalue weighted by Crippen LogP contribution is -2.41. The fourth-order valence-electron chi connectivity index (χ4n) is 2.78. The Morgan fingerprint density at radius 3 is 2.77 bits per heavy atom. The van der Waals surface area contributed by atoms with Crippen LogP contribution in [0.1, 0.15) is 28.0 Å². The summed E-state index contributed by atoms with van der Waals surface area (Å²) in [4.78, 5) is 18.6. The highest BCUT2D eigenvalue weighted by Gasteiger charge is 2.18. The number of phenolic OH excluding ortho intramolecular Hbond substituents is 1. The summed E-state index contributed by atoms with van der Waals surface area (Å²) in [6, 6.07) is 6.32. The molecule has 1 aromatic carbocycles. The molecule has 1 saturated heterocycles. The van der Waals surface area contributed by atoms with E-state index >= 15 is 0 Å². The molecule has 0 aliphatic carbocycles. The molecule has 26 heavy (non-hydrogen) atoms. The van der Waals surface area contributed by atoms with E-state index in [9.17, 15) is 9.90 Å². The highest BCUT2D eigenvalue weighted by atomic mass is 16.5. The maximum Gasteiger partial charge on any atom is 0.273 e. The molecule has 2 heterocycles. The van der Waals surface area contributed by atoms with Gasteiger partial charge in [0.05, 0.1) is 19.3 Å². The minimum atomic E-state index is -0.463. The van der Waals surface area contributed by atoms with E-state index in [0.717, 1.165) is 38.4 Å². The van der Waals surface area contributed by atoms with Gasteiger partial charge in [-0.1, -0.05) is 12.1 Å². The van der Waals surface area contributed by atoms with Gasteiger partial charge in [0.1, 0.15) is 12.0 Å². The predicted octanol–water partition coefficient (Wildman–Crippen LogP) is 0.685. The summed E-state index contributed by atoms with van der Waals surface area (Å²) >= 11 is 0. The minimum Gasteiger partial charge on any atom is -0.508 e. The molecule has 1 aromatic heterocycles. The van der Waals surface area contributed by atoms with E-state index in [-0.39, 0.29) is 17.4 Å². The zero-order valence-corrected chi connectivity index (χ0v) is 14.6. The second-order valence-corrected chi connectivity index (χ2v) is 6.26. The molecule has 0 saturated carbocycles. The van der Waals surface area contributed by atoms with Crippen LogP contribution in [0.4, 0.5) is 0 Å². The number of carbonyl (C=O) groups excluding carboxylic acids is 1. The molecule has 0 radical (unpaired) electrons. The first-order chi connectivity index (χ1) is 12.6. The molecule has 8 heteroatoms. The average molecular weight is 360 g/mol. The molecule has 0 spiro atoms. The SMILES string of the molecule is NC(Cc1ccc(O)cc1)c1nc(C(=O)NCCN2CCOCC2)co1. The van der Waals surface area contributed by atoms with Crippen molar-refractivity contribution < 1.29 is 19.1 Å². The van der Waals surface area contributed by atoms with Gasteiger partial charge in [-0.05, 0) is 24.1 Å². The second kappa shape index (κ2) is 8.79. The molecule has 0 bridgehead atoms. The molecule has 8 nitrogen and oxygen atoms in total. The number of phenols is 1. The number of aromatic nitrogens is 1. The summed E-state index contributed by atoms with van der Waals surface area (Å²) in [6.45, 7) is 4.56. The number of nitrogens with two attached hydrogens (primary N) is 1. The van der Waals surface area contributed by atoms with Gasteiger partial charge in [0, 0.05) is 26.2 Å². The largest absolute Gasteiger partial charge is 0.508 e. The molecule has 4 N–H and O–H groups in total. The topological polar surface area (TPSA) is 114 Å². The molecule has 1 aliphatic rings. The van der Waals surface area contributed by atoms with Crippen LogP contribution in [0.2, 0.25) is 0 Å². The van der Waals surface area contributed by atoms with Crippen LogP contribution in [0, 0.1) is 0 Å². The molecule has 1 unspecified atom stereocenters. The lowest BCUT2D eigenvalue weighted by atomic mass is 10.1. The molecule has 1 atom stereocenters. The number of morpholine rings is 1. The molecular weight excluding hydrogens is 336 g/mol. The van der Waals surface area contributed by atoms with Crippen LogP contribution in [0.15, 0.2) is 34.9 Å². The lowest BCUT2D eigenvalue weighted by Gasteiger charge is -2.26. The molecule has 140 valence electrons. The van der Waals surface area contributed by atoms with Crippen LogP contribution >= 0.6 is 0 Å². The number of aromatic hydroxyl groups is 1. The van der Waals surface area contributed by atoms with Crippen molar-refractivity contribution in [3.8, 4) is 5.75 Å². The molecule has 1 fully saturated rings. The van der Waals surface area contributed by atoms with Crippen LogP contribution in [0.25, 0.3) is 0 Å². The number of carbonyl (C=O) groups is 1. The Bertz CT molecular complexity index is 710. The van der Waals surface area contributed by atoms with Gasteiger partial charge >= 0.3 is 0 Å². The fraction of sp³-hybridized carbons (Fsp3) is 0.444. The number of nitrogens with one attached hydrogen (secondary N) is 1. The number of oxazole rings is 1. The van der Waals surface area contributed by atoms with Gasteiger partial charge in [-0.25, -0.2) is 4.98 Å². The van der Waals surface area contributed by atoms with E-state index in [1.165, 1.54) is 6.26 Å². The maximum absolute atomic E-state index is 12.2. The van der Waals surface area contributed by atoms with Gasteiger partial charge in [-0.2, -0.15) is 0 Å². The summed E-state index contributed by atoms with van der Waals surface area (Å²) < 4.78 is 10.7. The molecule has 3 rings (SSSR count). The summed E-state index contributed by atoms with van der Waals surface area (Å²) in [5.74, 6) is 0.246. The van der Waals surface area contributed by atoms with Crippen LogP contribution in [0.3, 0.4) is 0 Å². The molecule has 2 aromatic rings. The highest BCUT2D eigenvalue weighted by Crippen LogP contribution is 2.18. The van der Waals surface area contributed by atoms with Crippen molar-refractivity contribution in [3.63, 3.8) is 0 Å². The third-order valence-electron chi connectivity index (χ3n) is 4.28. The first-order valence-corrected chi connectivity index (χ1v) is 8.69. The lowest BCUT2D eigenvalue weighted by molar-refractivity contribution is 0.0383. The van der Waals surface area contributed by atoms with Crippen LogP contribution in [-0.2, 0) is 11.2 Å². The van der Waals surface area contributed by atoms with Crippen molar-refractivity contribution in [1.82, 2.24) is 15.2 Å². The zero-order valence-electron chi connectivity index (χ0n) is 14.6. The fourth-order valence-corrected chi connectivity index (χ4v) is 2.78. The number of nitrogens with zero attached hydrogens (tertiary/aromatic N) is 2. The Morgan fingerprint density at radius 2 is 2.04 bits per heavy atom. The Kier molecular flexibility index (Phi) is 6.21. The third kappa shape index (κ3) is 5.04. The predicted molar refractivity (Wildman–Crippen MR) is 94.8 cm³/mol. The number of benzene rings is 1. The van der Waals surface area contributed by atoms with Crippen molar-refractivity contribution in [3.05, 3.63) is 47.7 Å². The summed E-state index contributed by atoms with van der Waals surface area (Å²) in [7, 11) is 0. The number of amides is 1. The highest BCUT2D eigenvalue weighted by molar-refractivity contribution is 5.91. The summed E-state index contributed by atoms with van der Waals surface area (Å²) in [5.41, 5.74) is 7.28. The Morgan fingerprint density at radius 1 is 1.31 bits per heavy atom. The smallest absolute Gasteiger partial charge is 0.273 e. The van der Waals surface area contributed by atoms with Gasteiger partial charge in [-0.15, -0.1) is 0 Å². The number of ether oxygens (including phenoxy) is 1. The van der Waals surface area contributed by atoms with Crippen molar-refractivity contribution in [2.45, 2.75) is 12.5 Å². The summed E-state index contributed by atoms with van der Waals surface area (Å²) in [6.07, 6.45) is 1.83. The van der Waals surface area contributed by atoms with Gasteiger partial charge < -0.3 is 25.3 Å². The van der Waals surface area contributed by atoms with Crippen LogP contribution in [0.5, 0.6) is 5.75 Å². The van der Waals surface area contributed by atoms with E-state index in [1.54, 1.807) is 24.3 Å². The normalized spacial score (nSPS) is 16.3. The average Bonchev–Trinajstić information content (AvgIpc) is 3.15. The quantitative estimate of drug-likeness (QED) is 0.665. The number of hydrogen-bond donors (Lipinski definition) is 3. The zero-order chi connectivity index (χ0) is 18.4. The second-order valence-electron chi connectivity index (χ2n) is 6.26. The van der Waals surface area contributed by atoms with Crippen molar-refractivity contribution >= 4 is 5.91 Å². The van der Waals surface area contributed by atoms with Crippen molar-refractivity contribution in [2.75, 3.05) is 39.4 Å². The third-order valence-corrected chi connectivity index (χ3v) is 4.28. The van der Waals surface area contributed by atoms with E-state index in [4.69, 9.17) is 14.9 Å². The van der Waals surface area contributed by atoms with E-state index in [1.807, 2.05) is 0 Å². The van der Waals surface area contributed by atoms with Crippen LogP contribution < -0.4 is 11.1 Å². The molecular formula is C18H24N4O4. The van der Waals surface area contributed by atoms with Gasteiger partial charge in [0.15, 0.2) is 5.69 Å². The Labute approximate surface area is 152 Å². The van der Waals surface area contributed by atoms with Gasteiger partial charge in [0.25, 0.3) is 5.91 Å². The first kappa shape index (κ1) is 18.4. The molecule has 1 aliphatic heterocycles. The molecule has 1 amide bonds. The van der Waals surface area contributed by atoms with E-state index in [0.29, 0.717) is 18.9 Å². The van der Waals surface area contributed by atoms with Gasteiger partial charge in [0.2, 0.25) is 5.89 Å². The van der Waals surface area contributed by atoms with Crippen LogP contribution in [-0.4, -0.2) is 60.3 Å². The maximum atomic E-state index is 12.2. The van der Waals surface area contributed by atoms with Crippen molar-refractivity contribution in [1.29, 1.82) is 0 Å². The Hall–Kier alpha value is -2.42. The number of rotatable bonds is 7.